The first-order valence-electron chi connectivity index (χ1n) is 1.12. The number of aliphatic carboxylic acids is 1. The van der Waals surface area contributed by atoms with E-state index in [0.29, 0.717) is 0 Å². The molecule has 35 valence electrons. The van der Waals surface area contributed by atoms with Crippen LogP contribution in [0.2, 0.25) is 0 Å². The highest BCUT2D eigenvalue weighted by molar-refractivity contribution is 5.78. The van der Waals surface area contributed by atoms with Gasteiger partial charge in [-0.05, 0) is 0 Å². The summed E-state index contributed by atoms with van der Waals surface area (Å²) in [6.07, 6.45) is 0.833. The van der Waals surface area contributed by atoms with Gasteiger partial charge in [0.25, 0.3) is 0 Å². The second kappa shape index (κ2) is 4.21. The van der Waals surface area contributed by atoms with Gasteiger partial charge >= 0.3 is 5.97 Å². The molecule has 0 aliphatic rings. The van der Waals surface area contributed by atoms with Crippen LogP contribution in [0.5, 0.6) is 0 Å². The second-order valence-corrected chi connectivity index (χ2v) is 0.542. The molecule has 0 aromatic rings. The summed E-state index contributed by atoms with van der Waals surface area (Å²) in [4.78, 5) is 9.25. The van der Waals surface area contributed by atoms with Crippen molar-refractivity contribution in [3.8, 4) is 0 Å². The number of rotatable bonds is 1. The van der Waals surface area contributed by atoms with Crippen LogP contribution in [0.25, 0.3) is 0 Å². The van der Waals surface area contributed by atoms with Crippen molar-refractivity contribution in [2.45, 2.75) is 0 Å². The smallest absolute Gasteiger partial charge is 0.327 e. The Morgan fingerprint density at radius 3 is 2.00 bits per heavy atom. The molecule has 2 heteroatoms. The maximum absolute atomic E-state index is 9.25. The fourth-order valence-electron chi connectivity index (χ4n) is 0. The van der Waals surface area contributed by atoms with Crippen LogP contribution in [-0.2, 0) is 4.79 Å². The molecule has 0 amide bonds. The van der Waals surface area contributed by atoms with Crippen molar-refractivity contribution in [2.75, 3.05) is 0 Å². The van der Waals surface area contributed by atoms with Crippen molar-refractivity contribution in [1.29, 1.82) is 0 Å². The average molecular weight is 87.1 g/mol. The molecule has 0 aliphatic carbocycles. The molecule has 0 atom stereocenters. The van der Waals surface area contributed by atoms with Gasteiger partial charge in [-0.1, -0.05) is 14.0 Å². The molecule has 0 saturated heterocycles. The lowest BCUT2D eigenvalue weighted by Crippen LogP contribution is -1.82. The Morgan fingerprint density at radius 1 is 1.83 bits per heavy atom. The van der Waals surface area contributed by atoms with Crippen LogP contribution in [0.1, 0.15) is 0 Å². The quantitative estimate of drug-likeness (QED) is 0.478. The van der Waals surface area contributed by atoms with Crippen LogP contribution < -0.4 is 0 Å². The summed E-state index contributed by atoms with van der Waals surface area (Å²) >= 11 is 0. The zero-order chi connectivity index (χ0) is 4.28. The standard InChI is InChI=1S/C3H4O2.CH3/c1-2-3(4)5;/h2H,1H2,(H,4,5);1H3. The highest BCUT2D eigenvalue weighted by Crippen LogP contribution is 1.54. The molecule has 1 N–H and O–H groups in total. The number of carbonyl (C=O) groups is 1. The van der Waals surface area contributed by atoms with Crippen molar-refractivity contribution >= 4 is 5.97 Å². The van der Waals surface area contributed by atoms with E-state index in [2.05, 4.69) is 6.58 Å². The lowest BCUT2D eigenvalue weighted by Gasteiger charge is -1.64. The molecular weight excluding hydrogens is 80.0 g/mol. The van der Waals surface area contributed by atoms with E-state index in [4.69, 9.17) is 5.11 Å². The van der Waals surface area contributed by atoms with E-state index in [1.165, 1.54) is 0 Å². The van der Waals surface area contributed by atoms with Crippen molar-refractivity contribution in [2.24, 2.45) is 0 Å². The van der Waals surface area contributed by atoms with Gasteiger partial charge in [-0.25, -0.2) is 4.79 Å². The summed E-state index contributed by atoms with van der Waals surface area (Å²) in [6.45, 7) is 2.96. The van der Waals surface area contributed by atoms with Crippen LogP contribution in [0, 0.1) is 7.43 Å². The molecule has 0 aromatic carbocycles. The molecule has 0 aromatic heterocycles. The largest absolute Gasteiger partial charge is 0.478 e. The third-order valence-electron chi connectivity index (χ3n) is 0.175. The predicted molar refractivity (Wildman–Crippen MR) is 24.2 cm³/mol. The summed E-state index contributed by atoms with van der Waals surface area (Å²) in [5, 5.41) is 7.60. The van der Waals surface area contributed by atoms with Crippen molar-refractivity contribution in [3.63, 3.8) is 0 Å². The van der Waals surface area contributed by atoms with E-state index in [9.17, 15) is 4.79 Å². The Morgan fingerprint density at radius 2 is 2.00 bits per heavy atom. The van der Waals surface area contributed by atoms with Crippen LogP contribution in [-0.4, -0.2) is 11.1 Å². The summed E-state index contributed by atoms with van der Waals surface area (Å²) in [5.74, 6) is -0.981. The van der Waals surface area contributed by atoms with Crippen molar-refractivity contribution in [3.05, 3.63) is 20.1 Å². The molecule has 0 unspecified atom stereocenters. The van der Waals surface area contributed by atoms with Gasteiger partial charge in [0, 0.05) is 6.08 Å². The molecular formula is C4H7O2. The fourth-order valence-corrected chi connectivity index (χ4v) is 0. The molecule has 0 spiro atoms. The van der Waals surface area contributed by atoms with Crippen LogP contribution in [0.15, 0.2) is 12.7 Å². The zero-order valence-corrected chi connectivity index (χ0v) is 3.64. The van der Waals surface area contributed by atoms with Gasteiger partial charge in [-0.2, -0.15) is 0 Å². The van der Waals surface area contributed by atoms with E-state index >= 15 is 0 Å². The Balaban J connectivity index is 0. The lowest BCUT2D eigenvalue weighted by atomic mass is 10.7. The third kappa shape index (κ3) is 10.7. The number of carboxylic acids is 1. The Bertz CT molecular complexity index is 56.6. The molecule has 0 bridgehead atoms. The average Bonchev–Trinajstić information content (AvgIpc) is 1.38. The summed E-state index contributed by atoms with van der Waals surface area (Å²) in [6, 6.07) is 0. The minimum Gasteiger partial charge on any atom is -0.478 e. The SMILES string of the molecule is C=CC(=O)O.[CH3]. The van der Waals surface area contributed by atoms with Gasteiger partial charge < -0.3 is 5.11 Å². The summed E-state index contributed by atoms with van der Waals surface area (Å²) in [7, 11) is 0. The van der Waals surface area contributed by atoms with E-state index in [0.717, 1.165) is 6.08 Å². The normalized spacial score (nSPS) is 5.33. The molecule has 0 rings (SSSR count). The highest BCUT2D eigenvalue weighted by Gasteiger charge is 1.73. The Labute approximate surface area is 37.1 Å². The zero-order valence-electron chi connectivity index (χ0n) is 3.64. The fraction of sp³-hybridized carbons (Fsp3) is 0. The summed E-state index contributed by atoms with van der Waals surface area (Å²) in [5.41, 5.74) is 0. The minimum absolute atomic E-state index is 0. The molecule has 0 aliphatic heterocycles. The maximum atomic E-state index is 9.25. The van der Waals surface area contributed by atoms with E-state index in [1.807, 2.05) is 0 Å². The molecule has 0 fully saturated rings. The van der Waals surface area contributed by atoms with Gasteiger partial charge in [0.1, 0.15) is 0 Å². The monoisotopic (exact) mass is 87.0 g/mol. The maximum Gasteiger partial charge on any atom is 0.327 e. The van der Waals surface area contributed by atoms with Gasteiger partial charge in [0.2, 0.25) is 0 Å². The van der Waals surface area contributed by atoms with Crippen LogP contribution in [0.4, 0.5) is 0 Å². The number of hydrogen-bond donors (Lipinski definition) is 1. The van der Waals surface area contributed by atoms with E-state index in [-0.39, 0.29) is 7.43 Å². The summed E-state index contributed by atoms with van der Waals surface area (Å²) < 4.78 is 0. The highest BCUT2D eigenvalue weighted by atomic mass is 16.4. The Hall–Kier alpha value is -0.790. The first-order chi connectivity index (χ1) is 2.27. The van der Waals surface area contributed by atoms with Gasteiger partial charge in [0.05, 0.1) is 0 Å². The van der Waals surface area contributed by atoms with E-state index in [1.54, 1.807) is 0 Å². The van der Waals surface area contributed by atoms with Gasteiger partial charge in [0.15, 0.2) is 0 Å². The van der Waals surface area contributed by atoms with E-state index < -0.39 is 5.97 Å². The molecule has 2 nitrogen and oxygen atoms in total. The van der Waals surface area contributed by atoms with Crippen molar-refractivity contribution in [1.82, 2.24) is 0 Å². The number of carboxylic acid groups (broad SMARTS) is 1. The topological polar surface area (TPSA) is 37.3 Å². The molecule has 1 radical (unpaired) electrons. The predicted octanol–water partition coefficient (Wildman–Crippen LogP) is 0.707. The first kappa shape index (κ1) is 8.96. The first-order valence-corrected chi connectivity index (χ1v) is 1.12. The second-order valence-electron chi connectivity index (χ2n) is 0.542. The van der Waals surface area contributed by atoms with Crippen LogP contribution in [0.3, 0.4) is 0 Å². The van der Waals surface area contributed by atoms with Gasteiger partial charge in [-0.3, -0.25) is 0 Å². The third-order valence-corrected chi connectivity index (χ3v) is 0.175. The molecule has 0 saturated carbocycles. The molecule has 6 heavy (non-hydrogen) atoms. The number of hydrogen-bond acceptors (Lipinski definition) is 1. The van der Waals surface area contributed by atoms with Gasteiger partial charge in [-0.15, -0.1) is 0 Å². The lowest BCUT2D eigenvalue weighted by molar-refractivity contribution is -0.131. The molecule has 0 heterocycles. The van der Waals surface area contributed by atoms with Crippen molar-refractivity contribution < 1.29 is 9.90 Å². The van der Waals surface area contributed by atoms with Crippen LogP contribution >= 0.6 is 0 Å². The Kier molecular flexibility index (Phi) is 6.29. The minimum atomic E-state index is -0.981.